The van der Waals surface area contributed by atoms with Gasteiger partial charge in [0.2, 0.25) is 0 Å². The van der Waals surface area contributed by atoms with Gasteiger partial charge in [0.05, 0.1) is 21.7 Å². The minimum Gasteiger partial charge on any atom is -0.497 e. The summed E-state index contributed by atoms with van der Waals surface area (Å²) in [4.78, 5) is 0.502. The topological polar surface area (TPSA) is 50.1 Å². The highest BCUT2D eigenvalue weighted by molar-refractivity contribution is 7.91. The van der Waals surface area contributed by atoms with Crippen LogP contribution < -0.4 is 4.74 Å². The van der Waals surface area contributed by atoms with Crippen molar-refractivity contribution in [3.05, 3.63) is 24.3 Å². The van der Waals surface area contributed by atoms with Crippen molar-refractivity contribution >= 4 is 9.73 Å². The first kappa shape index (κ1) is 9.06. The summed E-state index contributed by atoms with van der Waals surface area (Å²) in [5.74, 6) is 0.634. The molecule has 1 rings (SSSR count). The summed E-state index contributed by atoms with van der Waals surface area (Å²) in [6.45, 7) is 0. The second kappa shape index (κ2) is 3.15. The maximum absolute atomic E-state index is 11.3. The molecule has 1 N–H and O–H groups in total. The maximum atomic E-state index is 11.3. The van der Waals surface area contributed by atoms with E-state index in [-0.39, 0.29) is 0 Å². The van der Waals surface area contributed by atoms with E-state index < -0.39 is 9.73 Å². The van der Waals surface area contributed by atoms with E-state index in [0.717, 1.165) is 0 Å². The second-order valence-corrected chi connectivity index (χ2v) is 4.68. The Hall–Kier alpha value is -1.03. The van der Waals surface area contributed by atoms with E-state index in [2.05, 4.69) is 0 Å². The summed E-state index contributed by atoms with van der Waals surface area (Å²) in [7, 11) is -1.07. The summed E-state index contributed by atoms with van der Waals surface area (Å²) in [5, 5.41) is 0. The summed E-state index contributed by atoms with van der Waals surface area (Å²) in [5.41, 5.74) is 0. The van der Waals surface area contributed by atoms with Crippen LogP contribution in [0.5, 0.6) is 5.75 Å². The molecule has 0 saturated carbocycles. The molecule has 0 saturated heterocycles. The van der Waals surface area contributed by atoms with Crippen molar-refractivity contribution in [2.45, 2.75) is 4.90 Å². The standard InChI is InChI=1S/C8H11NO2S/c1-11-7-4-3-5-8(6-7)12(2,9)10/h3-6,9H,1-2H3/t12-/m0/s1. The highest BCUT2D eigenvalue weighted by Crippen LogP contribution is 2.16. The van der Waals surface area contributed by atoms with Crippen LogP contribution in [0.3, 0.4) is 0 Å². The fraction of sp³-hybridized carbons (Fsp3) is 0.250. The van der Waals surface area contributed by atoms with Crippen molar-refractivity contribution in [2.75, 3.05) is 13.4 Å². The average molecular weight is 185 g/mol. The van der Waals surface area contributed by atoms with Gasteiger partial charge in [-0.25, -0.2) is 8.99 Å². The third-order valence-electron chi connectivity index (χ3n) is 1.49. The first-order chi connectivity index (χ1) is 5.54. The molecule has 1 atom stereocenters. The summed E-state index contributed by atoms with van der Waals surface area (Å²) in [6, 6.07) is 6.77. The molecule has 0 heterocycles. The molecule has 0 aromatic heterocycles. The van der Waals surface area contributed by atoms with Crippen molar-refractivity contribution in [1.82, 2.24) is 0 Å². The molecule has 0 unspecified atom stereocenters. The molecule has 0 aliphatic rings. The van der Waals surface area contributed by atoms with E-state index in [1.807, 2.05) is 0 Å². The number of hydrogen-bond donors (Lipinski definition) is 1. The first-order valence-electron chi connectivity index (χ1n) is 3.42. The van der Waals surface area contributed by atoms with Gasteiger partial charge in [0, 0.05) is 6.26 Å². The molecule has 0 aliphatic heterocycles. The fourth-order valence-corrected chi connectivity index (χ4v) is 1.52. The van der Waals surface area contributed by atoms with Gasteiger partial charge in [-0.1, -0.05) is 6.07 Å². The predicted octanol–water partition coefficient (Wildman–Crippen LogP) is 1.73. The molecule has 0 amide bonds. The first-order valence-corrected chi connectivity index (χ1v) is 5.38. The van der Waals surface area contributed by atoms with Crippen LogP contribution in [-0.4, -0.2) is 17.6 Å². The highest BCUT2D eigenvalue weighted by atomic mass is 32.2. The lowest BCUT2D eigenvalue weighted by Crippen LogP contribution is -1.94. The third-order valence-corrected chi connectivity index (χ3v) is 2.64. The summed E-state index contributed by atoms with van der Waals surface area (Å²) in [6.07, 6.45) is 1.39. The number of hydrogen-bond acceptors (Lipinski definition) is 3. The summed E-state index contributed by atoms with van der Waals surface area (Å²) < 4.78 is 23.5. The lowest BCUT2D eigenvalue weighted by molar-refractivity contribution is 0.413. The molecule has 3 nitrogen and oxygen atoms in total. The van der Waals surface area contributed by atoms with Gasteiger partial charge >= 0.3 is 0 Å². The second-order valence-electron chi connectivity index (χ2n) is 2.52. The minimum atomic E-state index is -2.62. The van der Waals surface area contributed by atoms with Crippen molar-refractivity contribution in [2.24, 2.45) is 0 Å². The molecule has 66 valence electrons. The fourth-order valence-electron chi connectivity index (χ4n) is 0.843. The largest absolute Gasteiger partial charge is 0.497 e. The molecule has 0 bridgehead atoms. The third kappa shape index (κ3) is 1.98. The lowest BCUT2D eigenvalue weighted by atomic mass is 10.3. The number of benzene rings is 1. The molecular formula is C8H11NO2S. The monoisotopic (exact) mass is 185 g/mol. The zero-order chi connectivity index (χ0) is 9.19. The molecule has 4 heteroatoms. The average Bonchev–Trinajstić information content (AvgIpc) is 2.03. The van der Waals surface area contributed by atoms with Crippen LogP contribution in [0.1, 0.15) is 0 Å². The van der Waals surface area contributed by atoms with E-state index in [4.69, 9.17) is 9.52 Å². The quantitative estimate of drug-likeness (QED) is 0.762. The van der Waals surface area contributed by atoms with Gasteiger partial charge in [0.1, 0.15) is 5.75 Å². The van der Waals surface area contributed by atoms with Gasteiger partial charge in [0.15, 0.2) is 0 Å². The van der Waals surface area contributed by atoms with Gasteiger partial charge in [0.25, 0.3) is 0 Å². The Labute approximate surface area is 72.3 Å². The zero-order valence-electron chi connectivity index (χ0n) is 7.03. The van der Waals surface area contributed by atoms with E-state index in [9.17, 15) is 4.21 Å². The number of ether oxygens (including phenoxy) is 1. The SMILES string of the molecule is COc1cccc([S@@](C)(=N)=O)c1. The normalized spacial score (nSPS) is 15.2. The molecule has 0 radical (unpaired) electrons. The van der Waals surface area contributed by atoms with Gasteiger partial charge in [-0.05, 0) is 18.2 Å². The molecule has 1 aromatic carbocycles. The van der Waals surface area contributed by atoms with Gasteiger partial charge in [-0.3, -0.25) is 0 Å². The van der Waals surface area contributed by atoms with Crippen LogP contribution in [0.2, 0.25) is 0 Å². The van der Waals surface area contributed by atoms with Gasteiger partial charge < -0.3 is 4.74 Å². The predicted molar refractivity (Wildman–Crippen MR) is 48.0 cm³/mol. The Bertz CT molecular complexity index is 370. The molecule has 0 spiro atoms. The van der Waals surface area contributed by atoms with Crippen LogP contribution in [0, 0.1) is 4.78 Å². The Morgan fingerprint density at radius 3 is 2.67 bits per heavy atom. The van der Waals surface area contributed by atoms with Crippen molar-refractivity contribution in [1.29, 1.82) is 4.78 Å². The molecule has 1 aromatic rings. The number of rotatable bonds is 2. The Kier molecular flexibility index (Phi) is 2.38. The van der Waals surface area contributed by atoms with Crippen LogP contribution in [-0.2, 0) is 9.73 Å². The van der Waals surface area contributed by atoms with Crippen LogP contribution >= 0.6 is 0 Å². The van der Waals surface area contributed by atoms with Crippen molar-refractivity contribution < 1.29 is 8.95 Å². The smallest absolute Gasteiger partial charge is 0.120 e. The summed E-state index contributed by atoms with van der Waals surface area (Å²) >= 11 is 0. The zero-order valence-corrected chi connectivity index (χ0v) is 7.85. The van der Waals surface area contributed by atoms with Crippen molar-refractivity contribution in [3.63, 3.8) is 0 Å². The molecule has 0 aliphatic carbocycles. The van der Waals surface area contributed by atoms with E-state index in [1.165, 1.54) is 6.26 Å². The molecule has 0 fully saturated rings. The van der Waals surface area contributed by atoms with E-state index in [1.54, 1.807) is 31.4 Å². The Morgan fingerprint density at radius 2 is 2.17 bits per heavy atom. The van der Waals surface area contributed by atoms with Gasteiger partial charge in [-0.15, -0.1) is 0 Å². The Balaban J connectivity index is 3.20. The van der Waals surface area contributed by atoms with Crippen molar-refractivity contribution in [3.8, 4) is 5.75 Å². The molecule has 12 heavy (non-hydrogen) atoms. The molecular weight excluding hydrogens is 174 g/mol. The van der Waals surface area contributed by atoms with Crippen LogP contribution in [0.4, 0.5) is 0 Å². The van der Waals surface area contributed by atoms with E-state index >= 15 is 0 Å². The van der Waals surface area contributed by atoms with Crippen LogP contribution in [0.25, 0.3) is 0 Å². The number of nitrogens with one attached hydrogen (secondary N) is 1. The lowest BCUT2D eigenvalue weighted by Gasteiger charge is -2.03. The highest BCUT2D eigenvalue weighted by Gasteiger charge is 2.02. The van der Waals surface area contributed by atoms with Gasteiger partial charge in [-0.2, -0.15) is 0 Å². The Morgan fingerprint density at radius 1 is 1.50 bits per heavy atom. The van der Waals surface area contributed by atoms with Crippen LogP contribution in [0.15, 0.2) is 29.2 Å². The maximum Gasteiger partial charge on any atom is 0.120 e. The van der Waals surface area contributed by atoms with E-state index in [0.29, 0.717) is 10.6 Å². The minimum absolute atomic E-state index is 0.502. The number of methoxy groups -OCH3 is 1.